The summed E-state index contributed by atoms with van der Waals surface area (Å²) >= 11 is 6.36. The van der Waals surface area contributed by atoms with E-state index in [9.17, 15) is 0 Å². The Morgan fingerprint density at radius 3 is 2.68 bits per heavy atom. The van der Waals surface area contributed by atoms with Gasteiger partial charge in [-0.15, -0.1) is 0 Å². The molecule has 0 bridgehead atoms. The number of halogens is 1. The van der Waals surface area contributed by atoms with Crippen LogP contribution in [0.25, 0.3) is 0 Å². The average molecular weight is 286 g/mol. The van der Waals surface area contributed by atoms with E-state index in [4.69, 9.17) is 16.3 Å². The average Bonchev–Trinajstić information content (AvgIpc) is 2.65. The molecule has 0 radical (unpaired) electrons. The van der Waals surface area contributed by atoms with Gasteiger partial charge in [0.05, 0.1) is 16.4 Å². The van der Waals surface area contributed by atoms with Crippen LogP contribution < -0.4 is 5.32 Å². The predicted molar refractivity (Wildman–Crippen MR) is 77.7 cm³/mol. The van der Waals surface area contributed by atoms with Crippen molar-refractivity contribution in [2.24, 2.45) is 13.0 Å². The Morgan fingerprint density at radius 2 is 2.16 bits per heavy atom. The summed E-state index contributed by atoms with van der Waals surface area (Å²) in [7, 11) is 1.97. The Bertz CT molecular complexity index is 413. The van der Waals surface area contributed by atoms with Crippen molar-refractivity contribution in [3.8, 4) is 0 Å². The Balaban J connectivity index is 2.11. The molecule has 19 heavy (non-hydrogen) atoms. The lowest BCUT2D eigenvalue weighted by atomic mass is 9.88. The lowest BCUT2D eigenvalue weighted by Crippen LogP contribution is -2.41. The third-order valence-corrected chi connectivity index (χ3v) is 4.47. The molecule has 1 aliphatic rings. The van der Waals surface area contributed by atoms with E-state index in [1.807, 2.05) is 18.7 Å². The molecule has 1 aliphatic heterocycles. The molecular formula is C14H24ClN3O. The Morgan fingerprint density at radius 1 is 1.47 bits per heavy atom. The number of hydrogen-bond donors (Lipinski definition) is 1. The van der Waals surface area contributed by atoms with E-state index in [1.165, 1.54) is 0 Å². The fourth-order valence-corrected chi connectivity index (χ4v) is 3.13. The monoisotopic (exact) mass is 285 g/mol. The molecule has 1 aromatic heterocycles. The van der Waals surface area contributed by atoms with E-state index in [1.54, 1.807) is 0 Å². The van der Waals surface area contributed by atoms with Crippen LogP contribution in [0.1, 0.15) is 31.2 Å². The van der Waals surface area contributed by atoms with Crippen LogP contribution in [-0.4, -0.2) is 35.6 Å². The third kappa shape index (κ3) is 3.50. The van der Waals surface area contributed by atoms with Crippen LogP contribution in [0, 0.1) is 12.8 Å². The van der Waals surface area contributed by atoms with Gasteiger partial charge in [0.1, 0.15) is 0 Å². The number of ether oxygens (including phenoxy) is 1. The molecule has 5 heteroatoms. The molecule has 1 saturated heterocycles. The molecule has 108 valence electrons. The number of rotatable bonds is 5. The summed E-state index contributed by atoms with van der Waals surface area (Å²) in [6.07, 6.45) is 3.20. The van der Waals surface area contributed by atoms with E-state index in [0.29, 0.717) is 12.0 Å². The molecule has 4 nitrogen and oxygen atoms in total. The van der Waals surface area contributed by atoms with Crippen LogP contribution in [0.3, 0.4) is 0 Å². The van der Waals surface area contributed by atoms with Crippen LogP contribution in [0.5, 0.6) is 0 Å². The number of aromatic nitrogens is 2. The van der Waals surface area contributed by atoms with Gasteiger partial charge in [-0.05, 0) is 32.2 Å². The van der Waals surface area contributed by atoms with Gasteiger partial charge in [0.25, 0.3) is 0 Å². The van der Waals surface area contributed by atoms with Gasteiger partial charge in [-0.25, -0.2) is 0 Å². The lowest BCUT2D eigenvalue weighted by Gasteiger charge is -2.31. The van der Waals surface area contributed by atoms with Gasteiger partial charge < -0.3 is 10.1 Å². The van der Waals surface area contributed by atoms with Crippen molar-refractivity contribution < 1.29 is 4.74 Å². The summed E-state index contributed by atoms with van der Waals surface area (Å²) in [6.45, 7) is 6.86. The highest BCUT2D eigenvalue weighted by Gasteiger charge is 2.25. The highest BCUT2D eigenvalue weighted by atomic mass is 35.5. The summed E-state index contributed by atoms with van der Waals surface area (Å²) in [5.41, 5.74) is 2.05. The zero-order chi connectivity index (χ0) is 13.8. The summed E-state index contributed by atoms with van der Waals surface area (Å²) < 4.78 is 7.38. The largest absolute Gasteiger partial charge is 0.381 e. The Labute approximate surface area is 120 Å². The van der Waals surface area contributed by atoms with Gasteiger partial charge in [0, 0.05) is 32.7 Å². The van der Waals surface area contributed by atoms with Crippen molar-refractivity contribution in [1.82, 2.24) is 15.1 Å². The second-order valence-corrected chi connectivity index (χ2v) is 5.67. The van der Waals surface area contributed by atoms with Crippen molar-refractivity contribution in [2.75, 3.05) is 19.8 Å². The molecule has 0 aliphatic carbocycles. The van der Waals surface area contributed by atoms with Crippen LogP contribution in [0.2, 0.25) is 5.02 Å². The van der Waals surface area contributed by atoms with Crippen molar-refractivity contribution in [3.63, 3.8) is 0 Å². The fourth-order valence-electron chi connectivity index (χ4n) is 2.90. The van der Waals surface area contributed by atoms with Crippen LogP contribution >= 0.6 is 11.6 Å². The standard InChI is InChI=1S/C14H24ClN3O/c1-4-16-12(11-5-7-19-8-6-11)9-13-14(15)10(2)17-18(13)3/h11-12,16H,4-9H2,1-3H3. The van der Waals surface area contributed by atoms with Crippen molar-refractivity contribution in [3.05, 3.63) is 16.4 Å². The van der Waals surface area contributed by atoms with Crippen molar-refractivity contribution in [1.29, 1.82) is 0 Å². The molecule has 1 N–H and O–H groups in total. The van der Waals surface area contributed by atoms with Crippen LogP contribution in [0.15, 0.2) is 0 Å². The SMILES string of the molecule is CCNC(Cc1c(Cl)c(C)nn1C)C1CCOCC1. The van der Waals surface area contributed by atoms with E-state index >= 15 is 0 Å². The molecule has 0 amide bonds. The first-order chi connectivity index (χ1) is 9.13. The molecule has 2 rings (SSSR count). The minimum atomic E-state index is 0.459. The van der Waals surface area contributed by atoms with E-state index in [2.05, 4.69) is 17.3 Å². The molecule has 2 heterocycles. The summed E-state index contributed by atoms with van der Waals surface area (Å²) in [6, 6.07) is 0.459. The normalized spacial score (nSPS) is 18.7. The quantitative estimate of drug-likeness (QED) is 0.902. The van der Waals surface area contributed by atoms with Gasteiger partial charge >= 0.3 is 0 Å². The second kappa shape index (κ2) is 6.73. The predicted octanol–water partition coefficient (Wildman–Crippen LogP) is 2.33. The molecule has 1 atom stereocenters. The third-order valence-electron chi connectivity index (χ3n) is 3.98. The van der Waals surface area contributed by atoms with Gasteiger partial charge in [-0.2, -0.15) is 5.10 Å². The zero-order valence-electron chi connectivity index (χ0n) is 12.1. The van der Waals surface area contributed by atoms with Crippen molar-refractivity contribution >= 4 is 11.6 Å². The van der Waals surface area contributed by atoms with Gasteiger partial charge in [-0.1, -0.05) is 18.5 Å². The highest BCUT2D eigenvalue weighted by Crippen LogP contribution is 2.26. The van der Waals surface area contributed by atoms with E-state index in [-0.39, 0.29) is 0 Å². The van der Waals surface area contributed by atoms with E-state index in [0.717, 1.165) is 55.4 Å². The summed E-state index contributed by atoms with van der Waals surface area (Å²) in [4.78, 5) is 0. The van der Waals surface area contributed by atoms with Gasteiger partial charge in [0.2, 0.25) is 0 Å². The van der Waals surface area contributed by atoms with Gasteiger partial charge in [-0.3, -0.25) is 4.68 Å². The molecule has 1 aromatic rings. The number of aryl methyl sites for hydroxylation is 2. The Kier molecular flexibility index (Phi) is 5.25. The first kappa shape index (κ1) is 14.8. The maximum absolute atomic E-state index is 6.36. The number of nitrogens with zero attached hydrogens (tertiary/aromatic N) is 2. The molecular weight excluding hydrogens is 262 g/mol. The molecule has 0 aromatic carbocycles. The maximum Gasteiger partial charge on any atom is 0.0847 e. The molecule has 1 fully saturated rings. The van der Waals surface area contributed by atoms with Gasteiger partial charge in [0.15, 0.2) is 0 Å². The zero-order valence-corrected chi connectivity index (χ0v) is 12.8. The van der Waals surface area contributed by atoms with Crippen LogP contribution in [-0.2, 0) is 18.2 Å². The molecule has 0 spiro atoms. The number of nitrogens with one attached hydrogen (secondary N) is 1. The molecule has 1 unspecified atom stereocenters. The number of hydrogen-bond acceptors (Lipinski definition) is 3. The lowest BCUT2D eigenvalue weighted by molar-refractivity contribution is 0.0537. The minimum Gasteiger partial charge on any atom is -0.381 e. The Hall–Kier alpha value is -0.580. The smallest absolute Gasteiger partial charge is 0.0847 e. The van der Waals surface area contributed by atoms with Crippen LogP contribution in [0.4, 0.5) is 0 Å². The topological polar surface area (TPSA) is 39.1 Å². The second-order valence-electron chi connectivity index (χ2n) is 5.29. The van der Waals surface area contributed by atoms with Crippen molar-refractivity contribution in [2.45, 2.75) is 39.2 Å². The number of likely N-dealkylation sites (N-methyl/N-ethyl adjacent to an activating group) is 1. The first-order valence-corrected chi connectivity index (χ1v) is 7.50. The molecule has 0 saturated carbocycles. The minimum absolute atomic E-state index is 0.459. The summed E-state index contributed by atoms with van der Waals surface area (Å²) in [5, 5.41) is 8.83. The highest BCUT2D eigenvalue weighted by molar-refractivity contribution is 6.31. The summed E-state index contributed by atoms with van der Waals surface area (Å²) in [5.74, 6) is 0.667. The fraction of sp³-hybridized carbons (Fsp3) is 0.786. The maximum atomic E-state index is 6.36. The van der Waals surface area contributed by atoms with E-state index < -0.39 is 0 Å². The first-order valence-electron chi connectivity index (χ1n) is 7.12.